The Hall–Kier alpha value is -4.27. The van der Waals surface area contributed by atoms with Crippen molar-refractivity contribution in [1.82, 2.24) is 19.4 Å². The molecule has 0 radical (unpaired) electrons. The zero-order valence-corrected chi connectivity index (χ0v) is 27.8. The summed E-state index contributed by atoms with van der Waals surface area (Å²) in [6.07, 6.45) is 8.59. The van der Waals surface area contributed by atoms with Gasteiger partial charge in [0.05, 0.1) is 20.1 Å². The fourth-order valence-corrected chi connectivity index (χ4v) is 7.53. The molecule has 246 valence electrons. The zero-order chi connectivity index (χ0) is 32.3. The molecule has 1 saturated heterocycles. The van der Waals surface area contributed by atoms with E-state index in [4.69, 9.17) is 14.2 Å². The van der Waals surface area contributed by atoms with Crippen LogP contribution in [0.2, 0.25) is 0 Å². The van der Waals surface area contributed by atoms with Gasteiger partial charge in [0.15, 0.2) is 0 Å². The molecular formula is C39H46N4O4. The molecule has 2 aliphatic rings. The van der Waals surface area contributed by atoms with Crippen LogP contribution in [-0.4, -0.2) is 67.0 Å². The van der Waals surface area contributed by atoms with Crippen LogP contribution in [0.3, 0.4) is 0 Å². The van der Waals surface area contributed by atoms with E-state index in [1.54, 1.807) is 21.3 Å². The molecule has 8 heteroatoms. The van der Waals surface area contributed by atoms with Crippen molar-refractivity contribution >= 4 is 27.7 Å². The fourth-order valence-electron chi connectivity index (χ4n) is 7.53. The first-order valence-electron chi connectivity index (χ1n) is 16.9. The molecule has 7 rings (SSSR count). The maximum absolute atomic E-state index is 14.7. The predicted octanol–water partition coefficient (Wildman–Crippen LogP) is 6.58. The summed E-state index contributed by atoms with van der Waals surface area (Å²) in [5, 5.41) is 6.04. The second kappa shape index (κ2) is 13.8. The van der Waals surface area contributed by atoms with Crippen molar-refractivity contribution in [3.63, 3.8) is 0 Å². The third-order valence-electron chi connectivity index (χ3n) is 10.0. The quantitative estimate of drug-likeness (QED) is 0.148. The maximum atomic E-state index is 14.7. The average Bonchev–Trinajstić information content (AvgIpc) is 3.82. The monoisotopic (exact) mass is 634 g/mol. The number of carbonyl (C=O) groups excluding carboxylic acids is 1. The van der Waals surface area contributed by atoms with Crippen molar-refractivity contribution in [2.45, 2.75) is 57.3 Å². The van der Waals surface area contributed by atoms with Crippen molar-refractivity contribution in [1.29, 1.82) is 0 Å². The van der Waals surface area contributed by atoms with Crippen molar-refractivity contribution in [2.24, 2.45) is 5.92 Å². The number of hydrogen-bond donors (Lipinski definition) is 1. The normalized spacial score (nSPS) is 18.1. The van der Waals surface area contributed by atoms with E-state index < -0.39 is 0 Å². The van der Waals surface area contributed by atoms with Crippen LogP contribution in [0, 0.1) is 5.92 Å². The van der Waals surface area contributed by atoms with Crippen LogP contribution in [0.4, 0.5) is 0 Å². The Morgan fingerprint density at radius 1 is 0.872 bits per heavy atom. The Labute approximate surface area is 277 Å². The van der Waals surface area contributed by atoms with Crippen LogP contribution in [0.15, 0.2) is 79.1 Å². The van der Waals surface area contributed by atoms with Crippen LogP contribution in [-0.2, 0) is 29.2 Å². The summed E-state index contributed by atoms with van der Waals surface area (Å²) in [5.74, 6) is 1.83. The predicted molar refractivity (Wildman–Crippen MR) is 186 cm³/mol. The molecule has 3 aromatic carbocycles. The van der Waals surface area contributed by atoms with E-state index in [1.165, 1.54) is 32.9 Å². The number of nitrogens with one attached hydrogen (secondary N) is 1. The molecule has 8 nitrogen and oxygen atoms in total. The summed E-state index contributed by atoms with van der Waals surface area (Å²) in [4.78, 5) is 16.9. The standard InChI is InChI=1S/C39H46N4O4/c1-45-18-8-17-41-24-28(32-9-4-6-11-37(32)41)25-43(29-13-14-29)39(44)35-22-40-16-15-33(35)36-26-42(38-12-7-5-10-34(36)38)23-27-19-30(46-2)21-31(20-27)47-3/h4-7,9-12,19-21,24,26,29,33,35,40H,8,13-18,22-23,25H2,1-3H3/t33-,35-/m0/s1. The summed E-state index contributed by atoms with van der Waals surface area (Å²) in [7, 11) is 5.12. The molecule has 5 aromatic rings. The Kier molecular flexibility index (Phi) is 9.23. The van der Waals surface area contributed by atoms with Gasteiger partial charge in [0.1, 0.15) is 11.5 Å². The van der Waals surface area contributed by atoms with Gasteiger partial charge in [0.25, 0.3) is 0 Å². The Morgan fingerprint density at radius 3 is 2.28 bits per heavy atom. The lowest BCUT2D eigenvalue weighted by molar-refractivity contribution is -0.138. The lowest BCUT2D eigenvalue weighted by Gasteiger charge is -2.35. The number of fused-ring (bicyclic) bond motifs is 2. The molecule has 47 heavy (non-hydrogen) atoms. The smallest absolute Gasteiger partial charge is 0.228 e. The molecule has 1 amide bonds. The van der Waals surface area contributed by atoms with E-state index >= 15 is 0 Å². The molecule has 3 heterocycles. The van der Waals surface area contributed by atoms with Crippen molar-refractivity contribution in [3.8, 4) is 11.5 Å². The van der Waals surface area contributed by atoms with E-state index in [1.807, 2.05) is 6.07 Å². The van der Waals surface area contributed by atoms with Crippen LogP contribution in [0.25, 0.3) is 21.8 Å². The molecule has 0 bridgehead atoms. The largest absolute Gasteiger partial charge is 0.497 e. The number of aromatic nitrogens is 2. The Morgan fingerprint density at radius 2 is 1.57 bits per heavy atom. The summed E-state index contributed by atoms with van der Waals surface area (Å²) in [6.45, 7) is 4.55. The highest BCUT2D eigenvalue weighted by Gasteiger charge is 2.41. The molecule has 2 atom stereocenters. The molecule has 1 N–H and O–H groups in total. The van der Waals surface area contributed by atoms with Gasteiger partial charge in [-0.15, -0.1) is 0 Å². The van der Waals surface area contributed by atoms with E-state index in [-0.39, 0.29) is 17.7 Å². The van der Waals surface area contributed by atoms with Crippen molar-refractivity contribution in [2.75, 3.05) is 41.0 Å². The van der Waals surface area contributed by atoms with Gasteiger partial charge < -0.3 is 33.6 Å². The molecule has 0 unspecified atom stereocenters. The molecule has 0 spiro atoms. The maximum Gasteiger partial charge on any atom is 0.228 e. The van der Waals surface area contributed by atoms with Crippen molar-refractivity contribution < 1.29 is 19.0 Å². The van der Waals surface area contributed by atoms with E-state index in [0.29, 0.717) is 25.7 Å². The number of nitrogens with zero attached hydrogens (tertiary/aromatic N) is 3. The van der Waals surface area contributed by atoms with Gasteiger partial charge in [0, 0.05) is 92.1 Å². The Balaban J connectivity index is 1.19. The van der Waals surface area contributed by atoms with Gasteiger partial charge in [0.2, 0.25) is 5.91 Å². The highest BCUT2D eigenvalue weighted by molar-refractivity contribution is 5.88. The van der Waals surface area contributed by atoms with E-state index in [2.05, 4.69) is 92.4 Å². The number of aryl methyl sites for hydroxylation is 1. The fraction of sp³-hybridized carbons (Fsp3) is 0.410. The van der Waals surface area contributed by atoms with Gasteiger partial charge in [-0.2, -0.15) is 0 Å². The first-order chi connectivity index (χ1) is 23.1. The first-order valence-corrected chi connectivity index (χ1v) is 16.9. The number of benzene rings is 3. The third kappa shape index (κ3) is 6.49. The highest BCUT2D eigenvalue weighted by atomic mass is 16.5. The minimum absolute atomic E-state index is 0.129. The van der Waals surface area contributed by atoms with Crippen LogP contribution < -0.4 is 14.8 Å². The van der Waals surface area contributed by atoms with Gasteiger partial charge in [-0.3, -0.25) is 4.79 Å². The van der Waals surface area contributed by atoms with E-state index in [0.717, 1.165) is 62.4 Å². The lowest BCUT2D eigenvalue weighted by Crippen LogP contribution is -2.47. The average molecular weight is 635 g/mol. The van der Waals surface area contributed by atoms with Gasteiger partial charge in [-0.1, -0.05) is 36.4 Å². The molecule has 2 aromatic heterocycles. The second-order valence-electron chi connectivity index (χ2n) is 13.1. The summed E-state index contributed by atoms with van der Waals surface area (Å²) in [5.41, 5.74) is 5.99. The summed E-state index contributed by atoms with van der Waals surface area (Å²) >= 11 is 0. The molecule has 1 saturated carbocycles. The molecule has 1 aliphatic heterocycles. The highest BCUT2D eigenvalue weighted by Crippen LogP contribution is 2.40. The minimum atomic E-state index is -0.129. The van der Waals surface area contributed by atoms with Crippen LogP contribution in [0.1, 0.15) is 48.3 Å². The minimum Gasteiger partial charge on any atom is -0.497 e. The number of para-hydroxylation sites is 2. The lowest BCUT2D eigenvalue weighted by atomic mass is 9.80. The third-order valence-corrected chi connectivity index (χ3v) is 10.0. The molecule has 1 aliphatic carbocycles. The first kappa shape index (κ1) is 31.3. The second-order valence-corrected chi connectivity index (χ2v) is 13.1. The van der Waals surface area contributed by atoms with Crippen LogP contribution in [0.5, 0.6) is 11.5 Å². The number of amides is 1. The molecule has 2 fully saturated rings. The SMILES string of the molecule is COCCCn1cc(CN(C(=O)[C@H]2CNCC[C@@H]2c2cn(Cc3cc(OC)cc(OC)c3)c3ccccc23)C2CC2)c2ccccc21. The van der Waals surface area contributed by atoms with Gasteiger partial charge in [-0.05, 0) is 73.2 Å². The van der Waals surface area contributed by atoms with Crippen molar-refractivity contribution in [3.05, 3.63) is 95.8 Å². The number of hydrogen-bond acceptors (Lipinski definition) is 5. The number of ether oxygens (including phenoxy) is 3. The van der Waals surface area contributed by atoms with Crippen LogP contribution >= 0.6 is 0 Å². The number of carbonyl (C=O) groups is 1. The van der Waals surface area contributed by atoms with Gasteiger partial charge in [-0.25, -0.2) is 0 Å². The number of methoxy groups -OCH3 is 3. The Bertz CT molecular complexity index is 1830. The number of rotatable bonds is 13. The zero-order valence-electron chi connectivity index (χ0n) is 27.8. The van der Waals surface area contributed by atoms with Gasteiger partial charge >= 0.3 is 0 Å². The summed E-state index contributed by atoms with van der Waals surface area (Å²) < 4.78 is 21.1. The number of piperidine rings is 1. The summed E-state index contributed by atoms with van der Waals surface area (Å²) in [6, 6.07) is 23.5. The van der Waals surface area contributed by atoms with E-state index in [9.17, 15) is 4.79 Å². The molecular weight excluding hydrogens is 588 g/mol. The topological polar surface area (TPSA) is 69.9 Å².